The molecule has 0 heterocycles. The van der Waals surface area contributed by atoms with Crippen LogP contribution in [-0.4, -0.2) is 27.3 Å². The van der Waals surface area contributed by atoms with Crippen molar-refractivity contribution < 1.29 is 8.42 Å². The Morgan fingerprint density at radius 1 is 1.43 bits per heavy atom. The van der Waals surface area contributed by atoms with Crippen molar-refractivity contribution in [2.75, 3.05) is 13.1 Å². The highest BCUT2D eigenvalue weighted by molar-refractivity contribution is 7.87. The maximum absolute atomic E-state index is 11.2. The first-order valence-corrected chi connectivity index (χ1v) is 5.78. The molecular formula is C7H18N4O2S. The van der Waals surface area contributed by atoms with Crippen molar-refractivity contribution in [1.29, 1.82) is 5.41 Å². The predicted molar refractivity (Wildman–Crippen MR) is 56.3 cm³/mol. The minimum Gasteiger partial charge on any atom is -0.387 e. The summed E-state index contributed by atoms with van der Waals surface area (Å²) in [5, 5.41) is 7.23. The highest BCUT2D eigenvalue weighted by atomic mass is 32.2. The molecule has 7 heteroatoms. The number of rotatable bonds is 6. The molecule has 0 saturated carbocycles. The molecule has 5 N–H and O–H groups in total. The normalized spacial score (nSPS) is 12.8. The van der Waals surface area contributed by atoms with Gasteiger partial charge in [-0.2, -0.15) is 8.42 Å². The van der Waals surface area contributed by atoms with Crippen LogP contribution in [0.1, 0.15) is 20.8 Å². The molecule has 0 saturated heterocycles. The molecule has 0 radical (unpaired) electrons. The molecule has 0 aromatic rings. The summed E-state index contributed by atoms with van der Waals surface area (Å²) in [6.07, 6.45) is 0. The van der Waals surface area contributed by atoms with Crippen LogP contribution in [0, 0.1) is 10.8 Å². The van der Waals surface area contributed by atoms with Crippen LogP contribution in [0.15, 0.2) is 0 Å². The quantitative estimate of drug-likeness (QED) is 0.355. The Morgan fingerprint density at radius 2 is 1.93 bits per heavy atom. The maximum atomic E-state index is 11.2. The molecule has 0 unspecified atom stereocenters. The number of hydrogen-bond donors (Lipinski definition) is 4. The second kappa shape index (κ2) is 4.72. The maximum Gasteiger partial charge on any atom is 0.276 e. The van der Waals surface area contributed by atoms with Gasteiger partial charge < -0.3 is 5.73 Å². The molecule has 0 aliphatic heterocycles. The van der Waals surface area contributed by atoms with Crippen LogP contribution in [-0.2, 0) is 10.2 Å². The van der Waals surface area contributed by atoms with Gasteiger partial charge in [0, 0.05) is 18.5 Å². The van der Waals surface area contributed by atoms with Crippen LogP contribution >= 0.6 is 0 Å². The van der Waals surface area contributed by atoms with E-state index in [1.807, 2.05) is 0 Å². The van der Waals surface area contributed by atoms with Crippen LogP contribution in [0.3, 0.4) is 0 Å². The second-order valence-electron chi connectivity index (χ2n) is 3.62. The third-order valence-corrected chi connectivity index (χ3v) is 2.96. The average Bonchev–Trinajstić information content (AvgIpc) is 2.01. The van der Waals surface area contributed by atoms with E-state index in [9.17, 15) is 8.42 Å². The molecule has 0 rings (SSSR count). The highest BCUT2D eigenvalue weighted by Crippen LogP contribution is 2.12. The Balaban J connectivity index is 4.26. The standard InChI is InChI=1S/C7H18N4O2S/c1-4-10-14(12,13)11-5-7(2,3)6(8)9/h10-11H,4-5H2,1-3H3,(H3,8,9). The molecule has 0 atom stereocenters. The van der Waals surface area contributed by atoms with Gasteiger partial charge in [-0.25, -0.2) is 9.44 Å². The van der Waals surface area contributed by atoms with E-state index in [2.05, 4.69) is 9.44 Å². The molecule has 0 aliphatic rings. The number of amidine groups is 1. The van der Waals surface area contributed by atoms with Crippen molar-refractivity contribution in [3.63, 3.8) is 0 Å². The van der Waals surface area contributed by atoms with E-state index >= 15 is 0 Å². The predicted octanol–water partition coefficient (Wildman–Crippen LogP) is -0.608. The SMILES string of the molecule is CCNS(=O)(=O)NCC(C)(C)C(=N)N. The lowest BCUT2D eigenvalue weighted by Gasteiger charge is -2.22. The van der Waals surface area contributed by atoms with Gasteiger partial charge in [0.1, 0.15) is 0 Å². The summed E-state index contributed by atoms with van der Waals surface area (Å²) in [6.45, 7) is 5.52. The fourth-order valence-electron chi connectivity index (χ4n) is 0.612. The van der Waals surface area contributed by atoms with E-state index in [0.717, 1.165) is 0 Å². The molecule has 0 aliphatic carbocycles. The monoisotopic (exact) mass is 222 g/mol. The van der Waals surface area contributed by atoms with E-state index in [1.165, 1.54) is 0 Å². The van der Waals surface area contributed by atoms with E-state index < -0.39 is 15.6 Å². The lowest BCUT2D eigenvalue weighted by molar-refractivity contribution is 0.489. The van der Waals surface area contributed by atoms with E-state index in [-0.39, 0.29) is 12.4 Å². The Kier molecular flexibility index (Phi) is 4.50. The minimum atomic E-state index is -3.45. The Hall–Kier alpha value is -0.660. The summed E-state index contributed by atoms with van der Waals surface area (Å²) in [6, 6.07) is 0. The van der Waals surface area contributed by atoms with Crippen LogP contribution in [0.25, 0.3) is 0 Å². The zero-order chi connectivity index (χ0) is 11.4. The van der Waals surface area contributed by atoms with Gasteiger partial charge in [0.2, 0.25) is 0 Å². The molecular weight excluding hydrogens is 204 g/mol. The third kappa shape index (κ3) is 4.54. The first-order chi connectivity index (χ1) is 6.21. The van der Waals surface area contributed by atoms with Gasteiger partial charge in [0.15, 0.2) is 0 Å². The molecule has 0 aromatic carbocycles. The van der Waals surface area contributed by atoms with Crippen molar-refractivity contribution in [3.8, 4) is 0 Å². The van der Waals surface area contributed by atoms with Gasteiger partial charge in [-0.1, -0.05) is 20.8 Å². The molecule has 6 nitrogen and oxygen atoms in total. The van der Waals surface area contributed by atoms with E-state index in [1.54, 1.807) is 20.8 Å². The lowest BCUT2D eigenvalue weighted by atomic mass is 9.93. The van der Waals surface area contributed by atoms with Crippen LogP contribution in [0.2, 0.25) is 0 Å². The van der Waals surface area contributed by atoms with Gasteiger partial charge in [-0.05, 0) is 0 Å². The number of nitrogens with two attached hydrogens (primary N) is 1. The number of hydrogen-bond acceptors (Lipinski definition) is 3. The zero-order valence-electron chi connectivity index (χ0n) is 8.72. The van der Waals surface area contributed by atoms with Crippen molar-refractivity contribution in [3.05, 3.63) is 0 Å². The summed E-state index contributed by atoms with van der Waals surface area (Å²) in [4.78, 5) is 0. The topological polar surface area (TPSA) is 108 Å². The average molecular weight is 222 g/mol. The second-order valence-corrected chi connectivity index (χ2v) is 5.20. The van der Waals surface area contributed by atoms with Gasteiger partial charge in [0.05, 0.1) is 5.84 Å². The van der Waals surface area contributed by atoms with Gasteiger partial charge in [0.25, 0.3) is 10.2 Å². The Morgan fingerprint density at radius 3 is 2.29 bits per heavy atom. The summed E-state index contributed by atoms with van der Waals surface area (Å²) in [5.41, 5.74) is 4.64. The lowest BCUT2D eigenvalue weighted by Crippen LogP contribution is -2.45. The molecule has 0 amide bonds. The fourth-order valence-corrected chi connectivity index (χ4v) is 1.64. The Labute approximate surface area is 85.0 Å². The van der Waals surface area contributed by atoms with Crippen molar-refractivity contribution in [2.45, 2.75) is 20.8 Å². The molecule has 0 spiro atoms. The fraction of sp³-hybridized carbons (Fsp3) is 0.857. The minimum absolute atomic E-state index is 0.0447. The van der Waals surface area contributed by atoms with Gasteiger partial charge >= 0.3 is 0 Å². The molecule has 0 bridgehead atoms. The van der Waals surface area contributed by atoms with Crippen LogP contribution in [0.5, 0.6) is 0 Å². The summed E-state index contributed by atoms with van der Waals surface area (Å²) in [7, 11) is -3.45. The van der Waals surface area contributed by atoms with E-state index in [4.69, 9.17) is 11.1 Å². The van der Waals surface area contributed by atoms with E-state index in [0.29, 0.717) is 6.54 Å². The molecule has 84 valence electrons. The highest BCUT2D eigenvalue weighted by Gasteiger charge is 2.23. The van der Waals surface area contributed by atoms with Crippen LogP contribution in [0.4, 0.5) is 0 Å². The molecule has 14 heavy (non-hydrogen) atoms. The van der Waals surface area contributed by atoms with Crippen LogP contribution < -0.4 is 15.2 Å². The smallest absolute Gasteiger partial charge is 0.276 e. The Bertz CT molecular complexity index is 297. The summed E-state index contributed by atoms with van der Waals surface area (Å²) < 4.78 is 26.9. The largest absolute Gasteiger partial charge is 0.387 e. The number of nitrogens with one attached hydrogen (secondary N) is 3. The first-order valence-electron chi connectivity index (χ1n) is 4.30. The van der Waals surface area contributed by atoms with Crippen molar-refractivity contribution >= 4 is 16.0 Å². The van der Waals surface area contributed by atoms with Crippen molar-refractivity contribution in [1.82, 2.24) is 9.44 Å². The summed E-state index contributed by atoms with van der Waals surface area (Å²) >= 11 is 0. The van der Waals surface area contributed by atoms with Crippen molar-refractivity contribution in [2.24, 2.45) is 11.1 Å². The molecule has 0 fully saturated rings. The van der Waals surface area contributed by atoms with Gasteiger partial charge in [-0.3, -0.25) is 5.41 Å². The first kappa shape index (κ1) is 13.3. The third-order valence-electron chi connectivity index (χ3n) is 1.77. The van der Waals surface area contributed by atoms with Gasteiger partial charge in [-0.15, -0.1) is 0 Å². The molecule has 0 aromatic heterocycles. The zero-order valence-corrected chi connectivity index (χ0v) is 9.53. The summed E-state index contributed by atoms with van der Waals surface area (Å²) in [5.74, 6) is -0.0447.